The molecule has 2 aliphatic heterocycles. The third-order valence-corrected chi connectivity index (χ3v) is 4.48. The summed E-state index contributed by atoms with van der Waals surface area (Å²) in [6.45, 7) is 5.05. The van der Waals surface area contributed by atoms with Crippen molar-refractivity contribution >= 4 is 0 Å². The van der Waals surface area contributed by atoms with Gasteiger partial charge in [0.1, 0.15) is 0 Å². The third-order valence-electron chi connectivity index (χ3n) is 4.48. The average Bonchev–Trinajstić information content (AvgIpc) is 2.52. The Balaban J connectivity index is 1.61. The van der Waals surface area contributed by atoms with Crippen LogP contribution in [0.2, 0.25) is 0 Å². The molecule has 2 heterocycles. The van der Waals surface area contributed by atoms with Crippen LogP contribution in [0.5, 0.6) is 0 Å². The molecule has 6 nitrogen and oxygen atoms in total. The van der Waals surface area contributed by atoms with Crippen molar-refractivity contribution in [3.8, 4) is 0 Å². The molecule has 3 unspecified atom stereocenters. The van der Waals surface area contributed by atoms with Crippen molar-refractivity contribution < 1.29 is 19.1 Å². The lowest BCUT2D eigenvalue weighted by atomic mass is 10.0. The van der Waals surface area contributed by atoms with Crippen LogP contribution in [0, 0.1) is 23.3 Å². The Hall–Kier alpha value is -0.720. The number of nitrogens with zero attached hydrogens (tertiary/aromatic N) is 1. The first kappa shape index (κ1) is 18.6. The molecule has 0 saturated carbocycles. The first-order valence-electron chi connectivity index (χ1n) is 8.88. The van der Waals surface area contributed by atoms with Crippen LogP contribution in [0.3, 0.4) is 0 Å². The van der Waals surface area contributed by atoms with Gasteiger partial charge in [0.05, 0.1) is 25.4 Å². The van der Waals surface area contributed by atoms with E-state index in [1.165, 1.54) is 0 Å². The Bertz CT molecular complexity index is 340. The van der Waals surface area contributed by atoms with Gasteiger partial charge in [-0.15, -0.1) is 0 Å². The lowest BCUT2D eigenvalue weighted by Gasteiger charge is -2.38. The van der Waals surface area contributed by atoms with Crippen LogP contribution < -0.4 is 0 Å². The van der Waals surface area contributed by atoms with Gasteiger partial charge in [-0.25, -0.2) is 0 Å². The Labute approximate surface area is 139 Å². The lowest BCUT2D eigenvalue weighted by Crippen LogP contribution is -2.43. The molecule has 2 rings (SSSR count). The minimum absolute atomic E-state index is 0.0943. The number of fused-ring (bicyclic) bond motifs is 2. The van der Waals surface area contributed by atoms with Crippen molar-refractivity contribution in [2.75, 3.05) is 13.2 Å². The van der Waals surface area contributed by atoms with Crippen LogP contribution in [-0.2, 0) is 14.2 Å². The molecular weight excluding hydrogens is 298 g/mol. The fraction of sp³-hybridized carbons (Fsp3) is 0.882. The van der Waals surface area contributed by atoms with Crippen LogP contribution >= 0.6 is 0 Å². The van der Waals surface area contributed by atoms with E-state index in [0.29, 0.717) is 38.8 Å². The van der Waals surface area contributed by atoms with Gasteiger partial charge in [0.15, 0.2) is 0 Å². The summed E-state index contributed by atoms with van der Waals surface area (Å²) in [5.74, 6) is 0. The van der Waals surface area contributed by atoms with Crippen molar-refractivity contribution in [3.05, 3.63) is 23.3 Å². The highest BCUT2D eigenvalue weighted by molar-refractivity contribution is 4.83. The van der Waals surface area contributed by atoms with E-state index in [0.717, 1.165) is 44.9 Å². The van der Waals surface area contributed by atoms with Crippen molar-refractivity contribution in [2.24, 2.45) is 0 Å². The van der Waals surface area contributed by atoms with Crippen molar-refractivity contribution in [3.63, 3.8) is 0 Å². The maximum atomic E-state index is 11.2. The van der Waals surface area contributed by atoms with Crippen molar-refractivity contribution in [1.29, 1.82) is 0 Å². The Morgan fingerprint density at radius 1 is 1.09 bits per heavy atom. The van der Waals surface area contributed by atoms with Gasteiger partial charge < -0.3 is 14.2 Å². The standard InChI is InChI=1S/C17H29NO5/c1-2-3-4-5-6-8-14(18(19)20)9-7-10-17-22-15-11-16(23-17)13-21-12-15/h14-16H,1-13H2. The van der Waals surface area contributed by atoms with E-state index in [9.17, 15) is 10.1 Å². The molecular formula is C17H29NO5. The second-order valence-electron chi connectivity index (χ2n) is 6.51. The van der Waals surface area contributed by atoms with Crippen LogP contribution in [-0.4, -0.2) is 36.4 Å². The fourth-order valence-electron chi connectivity index (χ4n) is 3.19. The molecule has 132 valence electrons. The van der Waals surface area contributed by atoms with E-state index >= 15 is 0 Å². The van der Waals surface area contributed by atoms with Gasteiger partial charge in [-0.1, -0.05) is 32.6 Å². The molecule has 0 aliphatic carbocycles. The Morgan fingerprint density at radius 2 is 1.74 bits per heavy atom. The van der Waals surface area contributed by atoms with Crippen molar-refractivity contribution in [2.45, 2.75) is 82.5 Å². The van der Waals surface area contributed by atoms with Crippen LogP contribution in [0.15, 0.2) is 0 Å². The molecule has 2 fully saturated rings. The van der Waals surface area contributed by atoms with E-state index in [1.807, 2.05) is 0 Å². The quantitative estimate of drug-likeness (QED) is 0.329. The minimum Gasteiger partial charge on any atom is -0.376 e. The second kappa shape index (κ2) is 10.2. The summed E-state index contributed by atoms with van der Waals surface area (Å²) in [6, 6.07) is -0.443. The van der Waals surface area contributed by atoms with Gasteiger partial charge in [0.2, 0.25) is 12.3 Å². The monoisotopic (exact) mass is 327 g/mol. The first-order valence-corrected chi connectivity index (χ1v) is 8.88. The van der Waals surface area contributed by atoms with Gasteiger partial charge in [0.25, 0.3) is 0 Å². The highest BCUT2D eigenvalue weighted by atomic mass is 16.7. The Kier molecular flexibility index (Phi) is 8.26. The Morgan fingerprint density at radius 3 is 2.39 bits per heavy atom. The zero-order valence-electron chi connectivity index (χ0n) is 13.9. The van der Waals surface area contributed by atoms with E-state index in [2.05, 4.69) is 6.92 Å². The number of hydrogen-bond acceptors (Lipinski definition) is 5. The van der Waals surface area contributed by atoms with Gasteiger partial charge in [-0.2, -0.15) is 0 Å². The number of ether oxygens (including phenoxy) is 3. The molecule has 0 aromatic heterocycles. The highest BCUT2D eigenvalue weighted by Crippen LogP contribution is 2.30. The predicted octanol–water partition coefficient (Wildman–Crippen LogP) is 3.67. The molecule has 23 heavy (non-hydrogen) atoms. The molecule has 0 amide bonds. The van der Waals surface area contributed by atoms with E-state index in [-0.39, 0.29) is 17.1 Å². The summed E-state index contributed by atoms with van der Waals surface area (Å²) in [4.78, 5) is 11.0. The summed E-state index contributed by atoms with van der Waals surface area (Å²) >= 11 is 0. The van der Waals surface area contributed by atoms with Gasteiger partial charge in [-0.3, -0.25) is 10.1 Å². The topological polar surface area (TPSA) is 70.8 Å². The second-order valence-corrected chi connectivity index (χ2v) is 6.51. The number of rotatable bonds is 11. The molecule has 3 atom stereocenters. The minimum atomic E-state index is -0.443. The molecule has 2 bridgehead atoms. The smallest absolute Gasteiger partial charge is 0.224 e. The summed E-state index contributed by atoms with van der Waals surface area (Å²) in [6.07, 6.45) is 9.53. The maximum Gasteiger partial charge on any atom is 0.224 e. The fourth-order valence-corrected chi connectivity index (χ4v) is 3.19. The highest BCUT2D eigenvalue weighted by Gasteiger charge is 2.34. The van der Waals surface area contributed by atoms with Gasteiger partial charge in [0, 0.05) is 30.6 Å². The molecule has 0 N–H and O–H groups in total. The normalized spacial score (nSPS) is 26.1. The summed E-state index contributed by atoms with van der Waals surface area (Å²) in [5, 5.41) is 11.2. The average molecular weight is 327 g/mol. The summed E-state index contributed by atoms with van der Waals surface area (Å²) in [5.41, 5.74) is 0. The third kappa shape index (κ3) is 6.73. The maximum absolute atomic E-state index is 11.2. The molecule has 0 aromatic carbocycles. The SMILES string of the molecule is [CH2]CCCCCCC(CCC[C]1OC2COCC(C2)O1)[N+](=O)[O-]. The van der Waals surface area contributed by atoms with Gasteiger partial charge >= 0.3 is 0 Å². The van der Waals surface area contributed by atoms with Crippen molar-refractivity contribution in [1.82, 2.24) is 0 Å². The van der Waals surface area contributed by atoms with E-state index < -0.39 is 6.04 Å². The molecule has 2 aliphatic rings. The van der Waals surface area contributed by atoms with Crippen LogP contribution in [0.25, 0.3) is 0 Å². The molecule has 6 heteroatoms. The number of unbranched alkanes of at least 4 members (excludes halogenated alkanes) is 4. The molecule has 0 aromatic rings. The van der Waals surface area contributed by atoms with E-state index in [4.69, 9.17) is 14.2 Å². The number of hydrogen-bond donors (Lipinski definition) is 0. The van der Waals surface area contributed by atoms with E-state index in [1.54, 1.807) is 0 Å². The molecule has 2 saturated heterocycles. The van der Waals surface area contributed by atoms with Crippen LogP contribution in [0.4, 0.5) is 0 Å². The predicted molar refractivity (Wildman–Crippen MR) is 86.1 cm³/mol. The zero-order valence-corrected chi connectivity index (χ0v) is 13.9. The largest absolute Gasteiger partial charge is 0.376 e. The van der Waals surface area contributed by atoms with Gasteiger partial charge in [-0.05, 0) is 12.8 Å². The zero-order chi connectivity index (χ0) is 16.5. The molecule has 2 radical (unpaired) electrons. The summed E-state index contributed by atoms with van der Waals surface area (Å²) in [7, 11) is 0. The first-order chi connectivity index (χ1) is 11.2. The molecule has 0 spiro atoms. The lowest BCUT2D eigenvalue weighted by molar-refractivity contribution is -0.524. The summed E-state index contributed by atoms with van der Waals surface area (Å²) < 4.78 is 16.8. The van der Waals surface area contributed by atoms with Crippen LogP contribution in [0.1, 0.15) is 64.2 Å². The number of nitro groups is 1.